The fraction of sp³-hybridized carbons (Fsp3) is 0.533. The topological polar surface area (TPSA) is 52.3 Å². The molecule has 0 saturated carbocycles. The first-order valence-corrected chi connectivity index (χ1v) is 6.79. The van der Waals surface area contributed by atoms with Crippen LogP contribution >= 0.6 is 0 Å². The highest BCUT2D eigenvalue weighted by molar-refractivity contribution is 5.91. The Balaban J connectivity index is 2.46. The molecule has 0 aliphatic carbocycles. The lowest BCUT2D eigenvalue weighted by molar-refractivity contribution is 0.0492. The fourth-order valence-corrected chi connectivity index (χ4v) is 1.89. The molecule has 0 aliphatic heterocycles. The number of benzene rings is 1. The zero-order chi connectivity index (χ0) is 14.3. The number of carbonyl (C=O) groups is 1. The van der Waals surface area contributed by atoms with Gasteiger partial charge in [0.2, 0.25) is 0 Å². The monoisotopic (exact) mass is 267 g/mol. The molecular weight excluding hydrogens is 245 g/mol. The fourth-order valence-electron chi connectivity index (χ4n) is 1.89. The van der Waals surface area contributed by atoms with Gasteiger partial charge in [-0.15, -0.1) is 0 Å². The van der Waals surface area contributed by atoms with E-state index in [9.17, 15) is 9.18 Å². The molecule has 19 heavy (non-hydrogen) atoms. The Bertz CT molecular complexity index is 432. The van der Waals surface area contributed by atoms with Crippen LogP contribution in [0.5, 0.6) is 0 Å². The summed E-state index contributed by atoms with van der Waals surface area (Å²) >= 11 is 0. The number of nitrogens with two attached hydrogens (primary N) is 1. The summed E-state index contributed by atoms with van der Waals surface area (Å²) in [6, 6.07) is 2.82. The van der Waals surface area contributed by atoms with Crippen LogP contribution in [0.15, 0.2) is 12.1 Å². The van der Waals surface area contributed by atoms with Crippen LogP contribution in [-0.2, 0) is 4.74 Å². The number of carbonyl (C=O) groups excluding carboxylic acids is 1. The summed E-state index contributed by atoms with van der Waals surface area (Å²) < 4.78 is 18.8. The number of unbranched alkanes of at least 4 members (excludes halogenated alkanes) is 4. The molecule has 2 N–H and O–H groups in total. The molecule has 0 saturated heterocycles. The van der Waals surface area contributed by atoms with Gasteiger partial charge in [-0.05, 0) is 31.0 Å². The van der Waals surface area contributed by atoms with E-state index in [4.69, 9.17) is 10.5 Å². The van der Waals surface area contributed by atoms with Crippen molar-refractivity contribution >= 4 is 11.7 Å². The Hall–Kier alpha value is -1.58. The quantitative estimate of drug-likeness (QED) is 0.464. The van der Waals surface area contributed by atoms with Gasteiger partial charge in [0, 0.05) is 5.69 Å². The molecule has 106 valence electrons. The van der Waals surface area contributed by atoms with Crippen molar-refractivity contribution in [2.24, 2.45) is 0 Å². The van der Waals surface area contributed by atoms with Gasteiger partial charge in [-0.1, -0.05) is 32.6 Å². The lowest BCUT2D eigenvalue weighted by atomic mass is 10.1. The molecule has 0 aromatic heterocycles. The van der Waals surface area contributed by atoms with Gasteiger partial charge in [-0.2, -0.15) is 0 Å². The molecule has 0 aliphatic rings. The molecule has 0 unspecified atom stereocenters. The summed E-state index contributed by atoms with van der Waals surface area (Å²) in [6.07, 6.45) is 5.35. The number of hydrogen-bond acceptors (Lipinski definition) is 3. The maximum absolute atomic E-state index is 13.8. The number of anilines is 1. The van der Waals surface area contributed by atoms with Crippen molar-refractivity contribution in [2.45, 2.75) is 46.0 Å². The second-order valence-corrected chi connectivity index (χ2v) is 4.75. The first kappa shape index (κ1) is 15.5. The third-order valence-electron chi connectivity index (χ3n) is 2.98. The van der Waals surface area contributed by atoms with Crippen molar-refractivity contribution in [3.63, 3.8) is 0 Å². The van der Waals surface area contributed by atoms with Gasteiger partial charge in [0.05, 0.1) is 12.2 Å². The summed E-state index contributed by atoms with van der Waals surface area (Å²) in [5, 5.41) is 0. The number of halogens is 1. The van der Waals surface area contributed by atoms with Crippen LogP contribution in [0.25, 0.3) is 0 Å². The summed E-state index contributed by atoms with van der Waals surface area (Å²) in [6.45, 7) is 4.05. The normalized spacial score (nSPS) is 10.5. The van der Waals surface area contributed by atoms with Gasteiger partial charge < -0.3 is 10.5 Å². The minimum atomic E-state index is -0.636. The first-order chi connectivity index (χ1) is 9.06. The predicted octanol–water partition coefficient (Wildman–Crippen LogP) is 3.84. The smallest absolute Gasteiger partial charge is 0.341 e. The van der Waals surface area contributed by atoms with E-state index in [2.05, 4.69) is 6.92 Å². The molecule has 1 rings (SSSR count). The lowest BCUT2D eigenvalue weighted by Crippen LogP contribution is -2.10. The van der Waals surface area contributed by atoms with Gasteiger partial charge in [-0.25, -0.2) is 9.18 Å². The zero-order valence-corrected chi connectivity index (χ0v) is 11.7. The van der Waals surface area contributed by atoms with Crippen LogP contribution in [0.2, 0.25) is 0 Å². The Morgan fingerprint density at radius 1 is 1.26 bits per heavy atom. The maximum Gasteiger partial charge on any atom is 0.341 e. The molecule has 0 spiro atoms. The van der Waals surface area contributed by atoms with Crippen molar-refractivity contribution in [2.75, 3.05) is 12.3 Å². The summed E-state index contributed by atoms with van der Waals surface area (Å²) in [5.41, 5.74) is 6.25. The van der Waals surface area contributed by atoms with Crippen molar-refractivity contribution in [1.82, 2.24) is 0 Å². The third-order valence-corrected chi connectivity index (χ3v) is 2.98. The van der Waals surface area contributed by atoms with Crippen molar-refractivity contribution in [1.29, 1.82) is 0 Å². The molecule has 1 aromatic rings. The molecule has 3 nitrogen and oxygen atoms in total. The Kier molecular flexibility index (Phi) is 6.33. The summed E-state index contributed by atoms with van der Waals surface area (Å²) in [4.78, 5) is 11.7. The highest BCUT2D eigenvalue weighted by Gasteiger charge is 2.15. The molecule has 0 amide bonds. The molecule has 1 aromatic carbocycles. The van der Waals surface area contributed by atoms with E-state index >= 15 is 0 Å². The predicted molar refractivity (Wildman–Crippen MR) is 74.6 cm³/mol. The number of ether oxygens (including phenoxy) is 1. The molecule has 0 bridgehead atoms. The highest BCUT2D eigenvalue weighted by Crippen LogP contribution is 2.18. The van der Waals surface area contributed by atoms with Crippen LogP contribution in [-0.4, -0.2) is 12.6 Å². The summed E-state index contributed by atoms with van der Waals surface area (Å²) in [7, 11) is 0. The zero-order valence-electron chi connectivity index (χ0n) is 11.7. The average Bonchev–Trinajstić information content (AvgIpc) is 2.37. The molecule has 0 atom stereocenters. The average molecular weight is 267 g/mol. The number of rotatable bonds is 7. The molecule has 4 heteroatoms. The van der Waals surface area contributed by atoms with Gasteiger partial charge >= 0.3 is 5.97 Å². The van der Waals surface area contributed by atoms with E-state index in [0.717, 1.165) is 19.3 Å². The molecular formula is C15H22FNO2. The van der Waals surface area contributed by atoms with E-state index in [1.54, 1.807) is 6.92 Å². The number of esters is 1. The van der Waals surface area contributed by atoms with Crippen molar-refractivity contribution < 1.29 is 13.9 Å². The van der Waals surface area contributed by atoms with Crippen LogP contribution in [0.1, 0.15) is 54.9 Å². The van der Waals surface area contributed by atoms with Crippen molar-refractivity contribution in [3.8, 4) is 0 Å². The largest absolute Gasteiger partial charge is 0.462 e. The van der Waals surface area contributed by atoms with E-state index < -0.39 is 11.8 Å². The van der Waals surface area contributed by atoms with Gasteiger partial charge in [0.15, 0.2) is 0 Å². The molecule has 0 heterocycles. The van der Waals surface area contributed by atoms with E-state index in [0.29, 0.717) is 17.9 Å². The van der Waals surface area contributed by atoms with Gasteiger partial charge in [0.1, 0.15) is 5.82 Å². The van der Waals surface area contributed by atoms with E-state index in [1.165, 1.54) is 25.0 Å². The van der Waals surface area contributed by atoms with Crippen molar-refractivity contribution in [3.05, 3.63) is 29.1 Å². The minimum Gasteiger partial charge on any atom is -0.462 e. The Morgan fingerprint density at radius 2 is 1.95 bits per heavy atom. The van der Waals surface area contributed by atoms with E-state index in [-0.39, 0.29) is 5.56 Å². The second-order valence-electron chi connectivity index (χ2n) is 4.75. The maximum atomic E-state index is 13.8. The third kappa shape index (κ3) is 4.89. The van der Waals surface area contributed by atoms with Crippen LogP contribution in [0.3, 0.4) is 0 Å². The number of aryl methyl sites for hydroxylation is 1. The van der Waals surface area contributed by atoms with Crippen LogP contribution in [0.4, 0.5) is 10.1 Å². The number of nitrogen functional groups attached to an aromatic ring is 1. The van der Waals surface area contributed by atoms with Gasteiger partial charge in [0.25, 0.3) is 0 Å². The Labute approximate surface area is 113 Å². The van der Waals surface area contributed by atoms with Crippen LogP contribution < -0.4 is 5.73 Å². The standard InChI is InChI=1S/C15H22FNO2/c1-3-4-5-6-7-8-19-15(18)13-10-12(17)9-11(2)14(13)16/h9-10H,3-8,17H2,1-2H3. The van der Waals surface area contributed by atoms with E-state index in [1.807, 2.05) is 0 Å². The lowest BCUT2D eigenvalue weighted by Gasteiger charge is -2.08. The Morgan fingerprint density at radius 3 is 2.63 bits per heavy atom. The molecule has 0 fully saturated rings. The highest BCUT2D eigenvalue weighted by atomic mass is 19.1. The van der Waals surface area contributed by atoms with Gasteiger partial charge in [-0.3, -0.25) is 0 Å². The molecule has 0 radical (unpaired) electrons. The first-order valence-electron chi connectivity index (χ1n) is 6.79. The SMILES string of the molecule is CCCCCCCOC(=O)c1cc(N)cc(C)c1F. The second kappa shape index (κ2) is 7.77. The van der Waals surface area contributed by atoms with Crippen LogP contribution in [0, 0.1) is 12.7 Å². The summed E-state index contributed by atoms with van der Waals surface area (Å²) in [5.74, 6) is -1.19. The number of hydrogen-bond donors (Lipinski definition) is 1. The minimum absolute atomic E-state index is 0.0777.